The van der Waals surface area contributed by atoms with Crippen molar-refractivity contribution in [3.05, 3.63) is 24.3 Å². The molecule has 0 saturated carbocycles. The molecule has 2 fully saturated rings. The van der Waals surface area contributed by atoms with Gasteiger partial charge in [0.05, 0.1) is 18.0 Å². The first kappa shape index (κ1) is 25.3. The summed E-state index contributed by atoms with van der Waals surface area (Å²) in [5.41, 5.74) is 0.847. The predicted molar refractivity (Wildman–Crippen MR) is 136 cm³/mol. The molecular formula is C19H32IN5O3S2. The molecule has 0 spiro atoms. The van der Waals surface area contributed by atoms with E-state index in [1.807, 2.05) is 25.1 Å². The van der Waals surface area contributed by atoms with Crippen molar-refractivity contribution in [1.29, 1.82) is 0 Å². The van der Waals surface area contributed by atoms with Crippen LogP contribution in [0.4, 0.5) is 5.69 Å². The number of halogens is 1. The van der Waals surface area contributed by atoms with Crippen LogP contribution in [0.2, 0.25) is 0 Å². The molecule has 0 unspecified atom stereocenters. The SMILES string of the molecule is CCNC(=NCCS(=O)(=O)N1CCSCC1)N1CCN(c2ccccc2O)CC1.I. The zero-order valence-electron chi connectivity index (χ0n) is 17.4. The van der Waals surface area contributed by atoms with Crippen LogP contribution < -0.4 is 10.2 Å². The highest BCUT2D eigenvalue weighted by Gasteiger charge is 2.24. The van der Waals surface area contributed by atoms with Crippen molar-refractivity contribution in [2.75, 3.05) is 74.5 Å². The summed E-state index contributed by atoms with van der Waals surface area (Å²) in [6.07, 6.45) is 0. The maximum absolute atomic E-state index is 12.5. The van der Waals surface area contributed by atoms with E-state index in [4.69, 9.17) is 0 Å². The van der Waals surface area contributed by atoms with Crippen molar-refractivity contribution in [2.45, 2.75) is 6.92 Å². The zero-order valence-corrected chi connectivity index (χ0v) is 21.3. The van der Waals surface area contributed by atoms with Gasteiger partial charge in [-0.2, -0.15) is 11.8 Å². The number of phenolic OH excluding ortho intramolecular Hbond substituents is 1. The van der Waals surface area contributed by atoms with Gasteiger partial charge in [0.25, 0.3) is 0 Å². The molecular weight excluding hydrogens is 537 g/mol. The summed E-state index contributed by atoms with van der Waals surface area (Å²) in [4.78, 5) is 8.90. The lowest BCUT2D eigenvalue weighted by molar-refractivity contribution is 0.370. The third-order valence-electron chi connectivity index (χ3n) is 5.11. The number of para-hydroxylation sites is 2. The quantitative estimate of drug-likeness (QED) is 0.305. The van der Waals surface area contributed by atoms with Gasteiger partial charge in [0, 0.05) is 57.3 Å². The Hall–Kier alpha value is -0.920. The smallest absolute Gasteiger partial charge is 0.215 e. The maximum atomic E-state index is 12.5. The fourth-order valence-electron chi connectivity index (χ4n) is 3.54. The lowest BCUT2D eigenvalue weighted by Gasteiger charge is -2.37. The number of benzene rings is 1. The zero-order chi connectivity index (χ0) is 20.7. The van der Waals surface area contributed by atoms with E-state index in [1.54, 1.807) is 22.1 Å². The molecule has 2 aliphatic heterocycles. The number of piperazine rings is 1. The van der Waals surface area contributed by atoms with Gasteiger partial charge in [-0.3, -0.25) is 4.99 Å². The van der Waals surface area contributed by atoms with E-state index in [2.05, 4.69) is 20.1 Å². The molecule has 1 aromatic rings. The van der Waals surface area contributed by atoms with E-state index >= 15 is 0 Å². The van der Waals surface area contributed by atoms with Crippen molar-refractivity contribution < 1.29 is 13.5 Å². The molecule has 8 nitrogen and oxygen atoms in total. The predicted octanol–water partition coefficient (Wildman–Crippen LogP) is 1.48. The number of phenols is 1. The number of nitrogens with zero attached hydrogens (tertiary/aromatic N) is 4. The summed E-state index contributed by atoms with van der Waals surface area (Å²) in [5.74, 6) is 2.83. The molecule has 3 rings (SSSR count). The monoisotopic (exact) mass is 569 g/mol. The van der Waals surface area contributed by atoms with Crippen LogP contribution in [0.25, 0.3) is 0 Å². The average Bonchev–Trinajstić information content (AvgIpc) is 2.74. The van der Waals surface area contributed by atoms with Gasteiger partial charge in [0.2, 0.25) is 10.0 Å². The number of anilines is 1. The number of guanidine groups is 1. The number of sulfonamides is 1. The van der Waals surface area contributed by atoms with Crippen molar-refractivity contribution >= 4 is 57.4 Å². The molecule has 2 N–H and O–H groups in total. The van der Waals surface area contributed by atoms with E-state index in [1.165, 1.54) is 0 Å². The van der Waals surface area contributed by atoms with Crippen molar-refractivity contribution in [3.8, 4) is 5.75 Å². The summed E-state index contributed by atoms with van der Waals surface area (Å²) in [5, 5.41) is 13.3. The second-order valence-corrected chi connectivity index (χ2v) is 10.3. The Balaban J connectivity index is 0.00000320. The minimum Gasteiger partial charge on any atom is -0.506 e. The van der Waals surface area contributed by atoms with Crippen LogP contribution in [0.3, 0.4) is 0 Å². The Morgan fingerprint density at radius 1 is 1.13 bits per heavy atom. The summed E-state index contributed by atoms with van der Waals surface area (Å²) >= 11 is 1.80. The van der Waals surface area contributed by atoms with E-state index in [9.17, 15) is 13.5 Å². The second-order valence-electron chi connectivity index (χ2n) is 7.03. The molecule has 0 aliphatic carbocycles. The van der Waals surface area contributed by atoms with Gasteiger partial charge in [0.15, 0.2) is 5.96 Å². The molecule has 2 heterocycles. The first-order valence-corrected chi connectivity index (χ1v) is 12.9. The standard InChI is InChI=1S/C19H31N5O3S2.HI/c1-2-20-19(21-7-16-29(26,27)24-12-14-28-15-13-24)23-10-8-22(9-11-23)17-5-3-4-6-18(17)25;/h3-6,25H,2,7-16H2,1H3,(H,20,21);1H. The summed E-state index contributed by atoms with van der Waals surface area (Å²) in [6, 6.07) is 7.37. The summed E-state index contributed by atoms with van der Waals surface area (Å²) in [7, 11) is -3.24. The Morgan fingerprint density at radius 3 is 2.43 bits per heavy atom. The van der Waals surface area contributed by atoms with Crippen LogP contribution in [0, 0.1) is 0 Å². The van der Waals surface area contributed by atoms with Gasteiger partial charge in [-0.15, -0.1) is 24.0 Å². The van der Waals surface area contributed by atoms with E-state index in [0.29, 0.717) is 18.8 Å². The van der Waals surface area contributed by atoms with Crippen LogP contribution in [0.5, 0.6) is 5.75 Å². The summed E-state index contributed by atoms with van der Waals surface area (Å²) < 4.78 is 26.6. The molecule has 0 bridgehead atoms. The van der Waals surface area contributed by atoms with Crippen LogP contribution in [0.1, 0.15) is 6.92 Å². The van der Waals surface area contributed by atoms with E-state index in [-0.39, 0.29) is 36.3 Å². The van der Waals surface area contributed by atoms with Crippen LogP contribution in [-0.4, -0.2) is 98.3 Å². The van der Waals surface area contributed by atoms with Gasteiger partial charge in [-0.25, -0.2) is 12.7 Å². The van der Waals surface area contributed by atoms with Crippen molar-refractivity contribution in [3.63, 3.8) is 0 Å². The molecule has 0 radical (unpaired) electrons. The fourth-order valence-corrected chi connectivity index (χ4v) is 5.99. The normalized spacial score (nSPS) is 18.8. The number of hydrogen-bond acceptors (Lipinski definition) is 6. The third-order valence-corrected chi connectivity index (χ3v) is 7.90. The maximum Gasteiger partial charge on any atom is 0.215 e. The van der Waals surface area contributed by atoms with E-state index in [0.717, 1.165) is 55.9 Å². The first-order valence-electron chi connectivity index (χ1n) is 10.1. The molecule has 0 atom stereocenters. The number of thioether (sulfide) groups is 1. The molecule has 11 heteroatoms. The van der Waals surface area contributed by atoms with Crippen LogP contribution in [-0.2, 0) is 10.0 Å². The highest BCUT2D eigenvalue weighted by Crippen LogP contribution is 2.27. The minimum absolute atomic E-state index is 0. The second kappa shape index (κ2) is 12.2. The Labute approximate surface area is 201 Å². The molecule has 1 aromatic carbocycles. The number of hydrogen-bond donors (Lipinski definition) is 2. The number of rotatable bonds is 6. The fraction of sp³-hybridized carbons (Fsp3) is 0.632. The Kier molecular flexibility index (Phi) is 10.3. The molecule has 30 heavy (non-hydrogen) atoms. The first-order chi connectivity index (χ1) is 14.0. The van der Waals surface area contributed by atoms with Gasteiger partial charge in [-0.05, 0) is 19.1 Å². The lowest BCUT2D eigenvalue weighted by Crippen LogP contribution is -2.52. The number of aromatic hydroxyl groups is 1. The van der Waals surface area contributed by atoms with E-state index < -0.39 is 10.0 Å². The number of aliphatic imine (C=N–C) groups is 1. The van der Waals surface area contributed by atoms with Crippen molar-refractivity contribution in [1.82, 2.24) is 14.5 Å². The van der Waals surface area contributed by atoms with Gasteiger partial charge < -0.3 is 20.2 Å². The average molecular weight is 570 g/mol. The summed E-state index contributed by atoms with van der Waals surface area (Å²) in [6.45, 7) is 7.26. The van der Waals surface area contributed by atoms with Crippen LogP contribution >= 0.6 is 35.7 Å². The molecule has 0 amide bonds. The third kappa shape index (κ3) is 6.79. The molecule has 0 aromatic heterocycles. The largest absolute Gasteiger partial charge is 0.506 e. The Bertz CT molecular complexity index is 795. The van der Waals surface area contributed by atoms with Gasteiger partial charge in [-0.1, -0.05) is 12.1 Å². The minimum atomic E-state index is -3.24. The van der Waals surface area contributed by atoms with Crippen LogP contribution in [0.15, 0.2) is 29.3 Å². The highest BCUT2D eigenvalue weighted by molar-refractivity contribution is 14.0. The molecule has 170 valence electrons. The van der Waals surface area contributed by atoms with Gasteiger partial charge in [0.1, 0.15) is 5.75 Å². The lowest BCUT2D eigenvalue weighted by atomic mass is 10.2. The molecule has 2 aliphatic rings. The highest BCUT2D eigenvalue weighted by atomic mass is 127. The number of nitrogens with one attached hydrogen (secondary N) is 1. The Morgan fingerprint density at radius 2 is 1.80 bits per heavy atom. The molecule has 2 saturated heterocycles. The van der Waals surface area contributed by atoms with Crippen molar-refractivity contribution in [2.24, 2.45) is 4.99 Å². The van der Waals surface area contributed by atoms with Gasteiger partial charge >= 0.3 is 0 Å². The topological polar surface area (TPSA) is 88.5 Å².